The third-order valence-corrected chi connectivity index (χ3v) is 4.65. The van der Waals surface area contributed by atoms with Gasteiger partial charge in [-0.15, -0.1) is 10.2 Å². The van der Waals surface area contributed by atoms with Gasteiger partial charge < -0.3 is 10.2 Å². The summed E-state index contributed by atoms with van der Waals surface area (Å²) in [6.07, 6.45) is 0.847. The number of anilines is 1. The second-order valence-corrected chi connectivity index (χ2v) is 6.85. The van der Waals surface area contributed by atoms with Gasteiger partial charge in [-0.2, -0.15) is 0 Å². The van der Waals surface area contributed by atoms with Gasteiger partial charge in [-0.1, -0.05) is 54.1 Å². The van der Waals surface area contributed by atoms with Crippen LogP contribution in [0.3, 0.4) is 0 Å². The van der Waals surface area contributed by atoms with Crippen molar-refractivity contribution in [1.82, 2.24) is 15.1 Å². The number of nitrogens with one attached hydrogen (secondary N) is 1. The first-order valence-electron chi connectivity index (χ1n) is 9.31. The van der Waals surface area contributed by atoms with E-state index in [2.05, 4.69) is 15.5 Å². The quantitative estimate of drug-likeness (QED) is 0.613. The van der Waals surface area contributed by atoms with E-state index in [0.717, 1.165) is 23.6 Å². The summed E-state index contributed by atoms with van der Waals surface area (Å²) in [6.45, 7) is 3.84. The van der Waals surface area contributed by atoms with E-state index in [1.807, 2.05) is 61.5 Å². The molecule has 0 aliphatic rings. The zero-order valence-electron chi connectivity index (χ0n) is 15.8. The van der Waals surface area contributed by atoms with Gasteiger partial charge in [0.05, 0.1) is 0 Å². The highest BCUT2D eigenvalue weighted by Gasteiger charge is 2.16. The minimum atomic E-state index is -0.119. The van der Waals surface area contributed by atoms with Crippen molar-refractivity contribution in [2.24, 2.45) is 0 Å². The summed E-state index contributed by atoms with van der Waals surface area (Å²) < 4.78 is 0. The Morgan fingerprint density at radius 3 is 2.36 bits per heavy atom. The molecular weight excluding hydrogens is 372 g/mol. The Hall–Kier alpha value is -2.92. The number of carbonyl (C=O) groups excluding carboxylic acids is 1. The minimum absolute atomic E-state index is 0.119. The number of aromatic nitrogens is 2. The number of hydrogen-bond acceptors (Lipinski definition) is 4. The summed E-state index contributed by atoms with van der Waals surface area (Å²) in [5, 5.41) is 12.2. The van der Waals surface area contributed by atoms with Crippen LogP contribution in [0.4, 0.5) is 5.82 Å². The SMILES string of the molecule is CCN(Cc1ccccc1)C(=O)c1ccc(NCCc2ccc(Cl)cc2)nn1. The van der Waals surface area contributed by atoms with E-state index in [1.54, 1.807) is 17.0 Å². The Labute approximate surface area is 170 Å². The fourth-order valence-corrected chi connectivity index (χ4v) is 2.95. The van der Waals surface area contributed by atoms with Crippen LogP contribution in [-0.2, 0) is 13.0 Å². The van der Waals surface area contributed by atoms with Crippen molar-refractivity contribution < 1.29 is 4.79 Å². The van der Waals surface area contributed by atoms with E-state index in [0.29, 0.717) is 24.6 Å². The fourth-order valence-electron chi connectivity index (χ4n) is 2.82. The van der Waals surface area contributed by atoms with Crippen molar-refractivity contribution in [2.75, 3.05) is 18.4 Å². The van der Waals surface area contributed by atoms with Crippen LogP contribution in [0.25, 0.3) is 0 Å². The molecule has 0 saturated heterocycles. The average Bonchev–Trinajstić information content (AvgIpc) is 2.74. The molecule has 1 N–H and O–H groups in total. The van der Waals surface area contributed by atoms with Crippen LogP contribution < -0.4 is 5.32 Å². The zero-order chi connectivity index (χ0) is 19.8. The highest BCUT2D eigenvalue weighted by atomic mass is 35.5. The van der Waals surface area contributed by atoms with Gasteiger partial charge in [0, 0.05) is 24.7 Å². The van der Waals surface area contributed by atoms with Crippen molar-refractivity contribution in [3.05, 3.63) is 88.6 Å². The predicted molar refractivity (Wildman–Crippen MR) is 113 cm³/mol. The molecule has 3 aromatic rings. The summed E-state index contributed by atoms with van der Waals surface area (Å²) in [4.78, 5) is 14.5. The first kappa shape index (κ1) is 19.8. The van der Waals surface area contributed by atoms with E-state index in [-0.39, 0.29) is 5.91 Å². The molecule has 28 heavy (non-hydrogen) atoms. The molecule has 144 valence electrons. The van der Waals surface area contributed by atoms with Gasteiger partial charge in [0.15, 0.2) is 5.69 Å². The summed E-state index contributed by atoms with van der Waals surface area (Å²) >= 11 is 5.90. The van der Waals surface area contributed by atoms with E-state index in [9.17, 15) is 4.79 Å². The Kier molecular flexibility index (Phi) is 6.98. The Bertz CT molecular complexity index is 883. The van der Waals surface area contributed by atoms with Crippen molar-refractivity contribution in [3.8, 4) is 0 Å². The summed E-state index contributed by atoms with van der Waals surface area (Å²) in [6, 6.07) is 21.2. The first-order valence-corrected chi connectivity index (χ1v) is 9.68. The van der Waals surface area contributed by atoms with Crippen molar-refractivity contribution in [1.29, 1.82) is 0 Å². The second-order valence-electron chi connectivity index (χ2n) is 6.41. The van der Waals surface area contributed by atoms with Crippen molar-refractivity contribution in [2.45, 2.75) is 19.9 Å². The molecule has 0 fully saturated rings. The van der Waals surface area contributed by atoms with Gasteiger partial charge in [0.2, 0.25) is 0 Å². The molecule has 0 saturated carbocycles. The minimum Gasteiger partial charge on any atom is -0.368 e. The monoisotopic (exact) mass is 394 g/mol. The van der Waals surface area contributed by atoms with Crippen molar-refractivity contribution >= 4 is 23.3 Å². The van der Waals surface area contributed by atoms with Crippen LogP contribution in [0.2, 0.25) is 5.02 Å². The fraction of sp³-hybridized carbons (Fsp3) is 0.227. The van der Waals surface area contributed by atoms with Gasteiger partial charge in [0.25, 0.3) is 5.91 Å². The average molecular weight is 395 g/mol. The maximum Gasteiger partial charge on any atom is 0.274 e. The molecule has 6 heteroatoms. The molecule has 0 atom stereocenters. The summed E-state index contributed by atoms with van der Waals surface area (Å²) in [7, 11) is 0. The van der Waals surface area contributed by atoms with Gasteiger partial charge in [-0.3, -0.25) is 4.79 Å². The molecule has 2 aromatic carbocycles. The highest BCUT2D eigenvalue weighted by Crippen LogP contribution is 2.11. The number of rotatable bonds is 8. The number of amides is 1. The molecule has 0 radical (unpaired) electrons. The molecule has 3 rings (SSSR count). The number of nitrogens with zero attached hydrogens (tertiary/aromatic N) is 3. The summed E-state index contributed by atoms with van der Waals surface area (Å²) in [5.41, 5.74) is 2.63. The Morgan fingerprint density at radius 2 is 1.71 bits per heavy atom. The molecule has 0 bridgehead atoms. The lowest BCUT2D eigenvalue weighted by Gasteiger charge is -2.20. The third-order valence-electron chi connectivity index (χ3n) is 4.40. The van der Waals surface area contributed by atoms with E-state index in [1.165, 1.54) is 5.56 Å². The van der Waals surface area contributed by atoms with Crippen LogP contribution >= 0.6 is 11.6 Å². The standard InChI is InChI=1S/C22H23ClN4O/c1-2-27(16-18-6-4-3-5-7-18)22(28)20-12-13-21(26-25-20)24-15-14-17-8-10-19(23)11-9-17/h3-13H,2,14-16H2,1H3,(H,24,26). The lowest BCUT2D eigenvalue weighted by molar-refractivity contribution is 0.0745. The van der Waals surface area contributed by atoms with Gasteiger partial charge in [-0.05, 0) is 48.7 Å². The van der Waals surface area contributed by atoms with Crippen LogP contribution in [0.5, 0.6) is 0 Å². The predicted octanol–water partition coefficient (Wildman–Crippen LogP) is 4.45. The smallest absolute Gasteiger partial charge is 0.274 e. The van der Waals surface area contributed by atoms with Gasteiger partial charge in [0.1, 0.15) is 5.82 Å². The highest BCUT2D eigenvalue weighted by molar-refractivity contribution is 6.30. The number of benzene rings is 2. The molecule has 0 aliphatic heterocycles. The normalized spacial score (nSPS) is 10.5. The van der Waals surface area contributed by atoms with Crippen molar-refractivity contribution in [3.63, 3.8) is 0 Å². The lowest BCUT2D eigenvalue weighted by atomic mass is 10.1. The largest absolute Gasteiger partial charge is 0.368 e. The third kappa shape index (κ3) is 5.54. The number of halogens is 1. The van der Waals surface area contributed by atoms with E-state index in [4.69, 9.17) is 11.6 Å². The van der Waals surface area contributed by atoms with Crippen LogP contribution in [0, 0.1) is 0 Å². The zero-order valence-corrected chi connectivity index (χ0v) is 16.6. The molecule has 1 heterocycles. The van der Waals surface area contributed by atoms with Gasteiger partial charge >= 0.3 is 0 Å². The molecule has 0 spiro atoms. The Balaban J connectivity index is 1.55. The number of carbonyl (C=O) groups is 1. The molecule has 1 aromatic heterocycles. The molecular formula is C22H23ClN4O. The first-order chi connectivity index (χ1) is 13.7. The van der Waals surface area contributed by atoms with E-state index >= 15 is 0 Å². The maximum absolute atomic E-state index is 12.7. The van der Waals surface area contributed by atoms with Crippen LogP contribution in [-0.4, -0.2) is 34.1 Å². The van der Waals surface area contributed by atoms with E-state index < -0.39 is 0 Å². The number of hydrogen-bond donors (Lipinski definition) is 1. The van der Waals surface area contributed by atoms with Crippen LogP contribution in [0.15, 0.2) is 66.7 Å². The molecule has 0 unspecified atom stereocenters. The maximum atomic E-state index is 12.7. The van der Waals surface area contributed by atoms with Gasteiger partial charge in [-0.25, -0.2) is 0 Å². The topological polar surface area (TPSA) is 58.1 Å². The molecule has 5 nitrogen and oxygen atoms in total. The molecule has 1 amide bonds. The lowest BCUT2D eigenvalue weighted by Crippen LogP contribution is -2.31. The van der Waals surface area contributed by atoms with Crippen LogP contribution in [0.1, 0.15) is 28.5 Å². The Morgan fingerprint density at radius 1 is 0.964 bits per heavy atom. The molecule has 0 aliphatic carbocycles. The summed E-state index contributed by atoms with van der Waals surface area (Å²) in [5.74, 6) is 0.531. The second kappa shape index (κ2) is 9.85.